The van der Waals surface area contributed by atoms with Crippen LogP contribution in [0, 0.1) is 5.92 Å². The molecule has 1 aliphatic carbocycles. The number of morpholine rings is 1. The second kappa shape index (κ2) is 12.9. The average Bonchev–Trinajstić information content (AvgIpc) is 3.26. The monoisotopic (exact) mass is 517 g/mol. The van der Waals surface area contributed by atoms with Gasteiger partial charge in [0.25, 0.3) is 0 Å². The van der Waals surface area contributed by atoms with Gasteiger partial charge in [-0.2, -0.15) is 0 Å². The minimum absolute atomic E-state index is 0.0380. The summed E-state index contributed by atoms with van der Waals surface area (Å²) in [6.07, 6.45) is 11.7. The zero-order chi connectivity index (χ0) is 26.3. The van der Waals surface area contributed by atoms with Gasteiger partial charge >= 0.3 is 6.09 Å². The molecule has 0 saturated carbocycles. The molecule has 2 heterocycles. The van der Waals surface area contributed by atoms with Gasteiger partial charge < -0.3 is 9.47 Å². The molecule has 2 aromatic rings. The molecule has 1 amide bonds. The van der Waals surface area contributed by atoms with E-state index < -0.39 is 0 Å². The third kappa shape index (κ3) is 5.98. The Morgan fingerprint density at radius 1 is 0.816 bits per heavy atom. The molecular weight excluding hydrogens is 474 g/mol. The van der Waals surface area contributed by atoms with E-state index in [1.54, 1.807) is 0 Å². The van der Waals surface area contributed by atoms with Gasteiger partial charge in [0, 0.05) is 18.3 Å². The molecule has 204 valence electrons. The SMILES string of the molecule is CCCCCCCCCCC(=O)C1CC2COCC(C1)N2C(=O)OCC1c2ccccc2-c2ccccc21. The number of fused-ring (bicyclic) bond motifs is 5. The molecule has 0 aromatic heterocycles. The Labute approximate surface area is 227 Å². The van der Waals surface area contributed by atoms with Gasteiger partial charge in [-0.05, 0) is 41.5 Å². The number of nitrogens with zero attached hydrogens (tertiary/aromatic N) is 1. The van der Waals surface area contributed by atoms with Crippen LogP contribution in [0.2, 0.25) is 0 Å². The number of Topliss-reactive ketones (excluding diaryl/α,β-unsaturated/α-hetero) is 1. The van der Waals surface area contributed by atoms with Gasteiger partial charge in [0.1, 0.15) is 12.4 Å². The molecule has 5 nitrogen and oxygen atoms in total. The fourth-order valence-electron chi connectivity index (χ4n) is 6.78. The topological polar surface area (TPSA) is 55.8 Å². The fourth-order valence-corrected chi connectivity index (χ4v) is 6.78. The van der Waals surface area contributed by atoms with E-state index in [0.29, 0.717) is 44.9 Å². The Morgan fingerprint density at radius 3 is 1.97 bits per heavy atom. The number of ketones is 1. The van der Waals surface area contributed by atoms with Crippen molar-refractivity contribution in [2.45, 2.75) is 95.6 Å². The highest BCUT2D eigenvalue weighted by Crippen LogP contribution is 2.44. The van der Waals surface area contributed by atoms with Crippen LogP contribution < -0.4 is 0 Å². The number of carbonyl (C=O) groups is 2. The molecule has 2 unspecified atom stereocenters. The maximum Gasteiger partial charge on any atom is 0.410 e. The highest BCUT2D eigenvalue weighted by molar-refractivity contribution is 5.82. The number of amides is 1. The maximum absolute atomic E-state index is 13.4. The molecule has 5 heteroatoms. The van der Waals surface area contributed by atoms with E-state index in [4.69, 9.17) is 9.47 Å². The van der Waals surface area contributed by atoms with Crippen molar-refractivity contribution in [3.63, 3.8) is 0 Å². The van der Waals surface area contributed by atoms with Gasteiger partial charge in [-0.25, -0.2) is 4.79 Å². The molecule has 0 N–H and O–H groups in total. The lowest BCUT2D eigenvalue weighted by Gasteiger charge is -2.47. The normalized spacial score (nSPS) is 22.1. The molecule has 2 bridgehead atoms. The standard InChI is InChI=1S/C33H43NO4/c1-2-3-4-5-6-7-8-9-18-32(35)24-19-25-21-37-22-26(20-24)34(25)33(36)38-23-31-29-16-12-10-14-27(29)28-15-11-13-17-30(28)31/h10-17,24-26,31H,2-9,18-23H2,1H3. The third-order valence-electron chi connectivity index (χ3n) is 8.80. The quantitative estimate of drug-likeness (QED) is 0.273. The molecule has 2 saturated heterocycles. The summed E-state index contributed by atoms with van der Waals surface area (Å²) in [5.74, 6) is 0.462. The van der Waals surface area contributed by atoms with E-state index in [-0.39, 0.29) is 30.0 Å². The van der Waals surface area contributed by atoms with Crippen LogP contribution in [0.4, 0.5) is 4.79 Å². The molecule has 2 atom stereocenters. The largest absolute Gasteiger partial charge is 0.448 e. The van der Waals surface area contributed by atoms with Crippen LogP contribution in [-0.4, -0.2) is 48.7 Å². The number of hydrogen-bond donors (Lipinski definition) is 0. The van der Waals surface area contributed by atoms with Gasteiger partial charge in [0.2, 0.25) is 0 Å². The van der Waals surface area contributed by atoms with Crippen molar-refractivity contribution in [3.8, 4) is 11.1 Å². The molecule has 5 rings (SSSR count). The Balaban J connectivity index is 1.12. The Bertz CT molecular complexity index is 1040. The first-order valence-corrected chi connectivity index (χ1v) is 14.9. The van der Waals surface area contributed by atoms with Crippen molar-refractivity contribution in [1.29, 1.82) is 0 Å². The first-order valence-electron chi connectivity index (χ1n) is 14.9. The van der Waals surface area contributed by atoms with Gasteiger partial charge in [-0.1, -0.05) is 100 Å². The van der Waals surface area contributed by atoms with Crippen molar-refractivity contribution < 1.29 is 19.1 Å². The van der Waals surface area contributed by atoms with E-state index in [0.717, 1.165) is 12.8 Å². The minimum atomic E-state index is -0.265. The van der Waals surface area contributed by atoms with Crippen molar-refractivity contribution in [1.82, 2.24) is 4.90 Å². The number of carbonyl (C=O) groups excluding carboxylic acids is 2. The Hall–Kier alpha value is -2.66. The zero-order valence-electron chi connectivity index (χ0n) is 22.9. The molecule has 0 radical (unpaired) electrons. The second-order valence-electron chi connectivity index (χ2n) is 11.4. The molecule has 38 heavy (non-hydrogen) atoms. The number of rotatable bonds is 12. The Kier molecular flexibility index (Phi) is 9.16. The summed E-state index contributed by atoms with van der Waals surface area (Å²) in [6, 6.07) is 16.6. The minimum Gasteiger partial charge on any atom is -0.448 e. The summed E-state index contributed by atoms with van der Waals surface area (Å²) in [4.78, 5) is 28.3. The maximum atomic E-state index is 13.4. The number of unbranched alkanes of at least 4 members (excludes halogenated alkanes) is 7. The van der Waals surface area contributed by atoms with Crippen LogP contribution in [0.25, 0.3) is 11.1 Å². The van der Waals surface area contributed by atoms with Crippen molar-refractivity contribution in [2.24, 2.45) is 5.92 Å². The second-order valence-corrected chi connectivity index (χ2v) is 11.4. The summed E-state index contributed by atoms with van der Waals surface area (Å²) >= 11 is 0. The summed E-state index contributed by atoms with van der Waals surface area (Å²) in [6.45, 7) is 3.54. The molecule has 2 aliphatic heterocycles. The highest BCUT2D eigenvalue weighted by atomic mass is 16.6. The lowest BCUT2D eigenvalue weighted by Crippen LogP contribution is -2.60. The first kappa shape index (κ1) is 26.9. The highest BCUT2D eigenvalue weighted by Gasteiger charge is 2.44. The van der Waals surface area contributed by atoms with Crippen LogP contribution in [0.15, 0.2) is 48.5 Å². The third-order valence-corrected chi connectivity index (χ3v) is 8.80. The van der Waals surface area contributed by atoms with Crippen LogP contribution >= 0.6 is 0 Å². The average molecular weight is 518 g/mol. The van der Waals surface area contributed by atoms with Crippen molar-refractivity contribution in [3.05, 3.63) is 59.7 Å². The Morgan fingerprint density at radius 2 is 1.37 bits per heavy atom. The summed E-state index contributed by atoms with van der Waals surface area (Å²) < 4.78 is 11.8. The van der Waals surface area contributed by atoms with E-state index in [9.17, 15) is 9.59 Å². The lowest BCUT2D eigenvalue weighted by atomic mass is 9.81. The molecular formula is C33H43NO4. The van der Waals surface area contributed by atoms with Crippen molar-refractivity contribution >= 4 is 11.9 Å². The lowest BCUT2D eigenvalue weighted by molar-refractivity contribution is -0.131. The predicted octanol–water partition coefficient (Wildman–Crippen LogP) is 7.51. The first-order chi connectivity index (χ1) is 18.7. The van der Waals surface area contributed by atoms with E-state index in [2.05, 4.69) is 55.5 Å². The number of benzene rings is 2. The van der Waals surface area contributed by atoms with Crippen LogP contribution in [0.3, 0.4) is 0 Å². The molecule has 2 aromatic carbocycles. The summed E-state index contributed by atoms with van der Waals surface area (Å²) in [5, 5.41) is 0. The van der Waals surface area contributed by atoms with E-state index in [1.165, 1.54) is 60.8 Å². The predicted molar refractivity (Wildman–Crippen MR) is 150 cm³/mol. The van der Waals surface area contributed by atoms with Crippen molar-refractivity contribution in [2.75, 3.05) is 19.8 Å². The van der Waals surface area contributed by atoms with Crippen LogP contribution in [0.5, 0.6) is 0 Å². The van der Waals surface area contributed by atoms with Crippen LogP contribution in [0.1, 0.15) is 94.6 Å². The number of piperidine rings is 1. The van der Waals surface area contributed by atoms with E-state index in [1.807, 2.05) is 4.90 Å². The molecule has 3 aliphatic rings. The van der Waals surface area contributed by atoms with Gasteiger partial charge in [0.15, 0.2) is 0 Å². The van der Waals surface area contributed by atoms with Gasteiger partial charge in [0.05, 0.1) is 25.3 Å². The molecule has 0 spiro atoms. The van der Waals surface area contributed by atoms with Gasteiger partial charge in [-0.15, -0.1) is 0 Å². The zero-order valence-corrected chi connectivity index (χ0v) is 22.9. The number of ether oxygens (including phenoxy) is 2. The van der Waals surface area contributed by atoms with E-state index >= 15 is 0 Å². The van der Waals surface area contributed by atoms with Crippen LogP contribution in [-0.2, 0) is 14.3 Å². The summed E-state index contributed by atoms with van der Waals surface area (Å²) in [5.41, 5.74) is 4.89. The fraction of sp³-hybridized carbons (Fsp3) is 0.576. The summed E-state index contributed by atoms with van der Waals surface area (Å²) in [7, 11) is 0. The van der Waals surface area contributed by atoms with Gasteiger partial charge in [-0.3, -0.25) is 9.69 Å². The number of hydrogen-bond acceptors (Lipinski definition) is 4. The molecule has 2 fully saturated rings. The smallest absolute Gasteiger partial charge is 0.410 e.